The zero-order valence-electron chi connectivity index (χ0n) is 17.7. The van der Waals surface area contributed by atoms with Crippen LogP contribution in [0, 0.1) is 5.92 Å². The van der Waals surface area contributed by atoms with Crippen molar-refractivity contribution in [2.45, 2.75) is 78.6 Å². The average molecular weight is 373 g/mol. The first-order valence-electron chi connectivity index (χ1n) is 10.6. The van der Waals surface area contributed by atoms with Gasteiger partial charge in [-0.2, -0.15) is 0 Å². The van der Waals surface area contributed by atoms with E-state index < -0.39 is 0 Å². The van der Waals surface area contributed by atoms with E-state index in [1.54, 1.807) is 0 Å². The summed E-state index contributed by atoms with van der Waals surface area (Å²) in [6.07, 6.45) is 4.13. The minimum atomic E-state index is -0.0135. The van der Waals surface area contributed by atoms with Crippen LogP contribution in [0.4, 0.5) is 5.69 Å². The molecule has 1 fully saturated rings. The second kappa shape index (κ2) is 9.91. The summed E-state index contributed by atoms with van der Waals surface area (Å²) in [5, 5.41) is 3.25. The maximum absolute atomic E-state index is 13.0. The Hall–Kier alpha value is -1.84. The molecule has 4 nitrogen and oxygen atoms in total. The predicted molar refractivity (Wildman–Crippen MR) is 112 cm³/mol. The molecule has 1 aromatic rings. The van der Waals surface area contributed by atoms with Crippen LogP contribution in [0.25, 0.3) is 0 Å². The van der Waals surface area contributed by atoms with Gasteiger partial charge in [0.15, 0.2) is 0 Å². The van der Waals surface area contributed by atoms with Gasteiger partial charge in [0, 0.05) is 31.1 Å². The molecule has 4 heteroatoms. The lowest BCUT2D eigenvalue weighted by molar-refractivity contribution is -0.134. The molecule has 0 aromatic heterocycles. The third-order valence-corrected chi connectivity index (χ3v) is 5.58. The Morgan fingerprint density at radius 1 is 1.07 bits per heavy atom. The van der Waals surface area contributed by atoms with Crippen molar-refractivity contribution in [2.75, 3.05) is 18.4 Å². The number of piperidine rings is 1. The van der Waals surface area contributed by atoms with Crippen LogP contribution in [-0.2, 0) is 9.59 Å². The highest BCUT2D eigenvalue weighted by Crippen LogP contribution is 2.33. The van der Waals surface area contributed by atoms with Gasteiger partial charge < -0.3 is 10.2 Å². The lowest BCUT2D eigenvalue weighted by atomic mass is 9.91. The van der Waals surface area contributed by atoms with Crippen molar-refractivity contribution in [3.63, 3.8) is 0 Å². The molecule has 0 unspecified atom stereocenters. The van der Waals surface area contributed by atoms with E-state index in [2.05, 4.69) is 58.1 Å². The lowest BCUT2D eigenvalue weighted by Crippen LogP contribution is -2.41. The van der Waals surface area contributed by atoms with E-state index in [0.29, 0.717) is 31.3 Å². The molecule has 0 atom stereocenters. The molecule has 0 spiro atoms. The summed E-state index contributed by atoms with van der Waals surface area (Å²) in [5.41, 5.74) is 3.39. The van der Waals surface area contributed by atoms with Crippen molar-refractivity contribution >= 4 is 17.5 Å². The normalized spacial score (nSPS) is 15.4. The Morgan fingerprint density at radius 3 is 2.11 bits per heavy atom. The highest BCUT2D eigenvalue weighted by Gasteiger charge is 2.28. The number of benzene rings is 1. The van der Waals surface area contributed by atoms with Gasteiger partial charge in [0.25, 0.3) is 0 Å². The van der Waals surface area contributed by atoms with Gasteiger partial charge in [-0.1, -0.05) is 59.2 Å². The first-order valence-corrected chi connectivity index (χ1v) is 10.6. The second-order valence-corrected chi connectivity index (χ2v) is 8.37. The smallest absolute Gasteiger partial charge is 0.227 e. The fraction of sp³-hybridized carbons (Fsp3) is 0.652. The number of hydrogen-bond donors (Lipinski definition) is 1. The SMILES string of the molecule is CCCCC(=O)N1CCC(C(=O)Nc2c(C(C)C)cccc2C(C)C)CC1. The van der Waals surface area contributed by atoms with Crippen LogP contribution in [0.2, 0.25) is 0 Å². The van der Waals surface area contributed by atoms with Gasteiger partial charge in [0.1, 0.15) is 0 Å². The molecule has 1 N–H and O–H groups in total. The van der Waals surface area contributed by atoms with Crippen molar-refractivity contribution in [2.24, 2.45) is 5.92 Å². The number of carbonyl (C=O) groups is 2. The number of rotatable bonds is 7. The quantitative estimate of drug-likeness (QED) is 0.706. The third-order valence-electron chi connectivity index (χ3n) is 5.58. The lowest BCUT2D eigenvalue weighted by Gasteiger charge is -2.32. The Balaban J connectivity index is 2.04. The molecule has 2 amide bonds. The zero-order valence-corrected chi connectivity index (χ0v) is 17.7. The average Bonchev–Trinajstić information content (AvgIpc) is 2.65. The molecule has 0 bridgehead atoms. The standard InChI is InChI=1S/C23H36N2O2/c1-6-7-11-21(26)25-14-12-18(13-15-25)23(27)24-22-19(16(2)3)9-8-10-20(22)17(4)5/h8-10,16-18H,6-7,11-15H2,1-5H3,(H,24,27). The van der Waals surface area contributed by atoms with Crippen molar-refractivity contribution in [3.05, 3.63) is 29.3 Å². The van der Waals surface area contributed by atoms with Crippen LogP contribution < -0.4 is 5.32 Å². The van der Waals surface area contributed by atoms with Crippen LogP contribution in [0.5, 0.6) is 0 Å². The number of amides is 2. The van der Waals surface area contributed by atoms with E-state index in [9.17, 15) is 9.59 Å². The number of anilines is 1. The molecule has 150 valence electrons. The van der Waals surface area contributed by atoms with Crippen LogP contribution in [0.1, 0.15) is 89.7 Å². The summed E-state index contributed by atoms with van der Waals surface area (Å²) in [6, 6.07) is 6.31. The molecule has 27 heavy (non-hydrogen) atoms. The number of carbonyl (C=O) groups excluding carboxylic acids is 2. The maximum atomic E-state index is 13.0. The van der Waals surface area contributed by atoms with E-state index >= 15 is 0 Å². The third kappa shape index (κ3) is 5.57. The van der Waals surface area contributed by atoms with Gasteiger partial charge in [0.2, 0.25) is 11.8 Å². The predicted octanol–water partition coefficient (Wildman–Crippen LogP) is 5.30. The van der Waals surface area contributed by atoms with Gasteiger partial charge in [-0.3, -0.25) is 9.59 Å². The second-order valence-electron chi connectivity index (χ2n) is 8.37. The number of hydrogen-bond acceptors (Lipinski definition) is 2. The summed E-state index contributed by atoms with van der Waals surface area (Å²) in [5.74, 6) is 1.04. The molecule has 1 aliphatic rings. The van der Waals surface area contributed by atoms with Gasteiger partial charge in [-0.15, -0.1) is 0 Å². The van der Waals surface area contributed by atoms with E-state index in [1.807, 2.05) is 4.90 Å². The molecule has 0 aliphatic carbocycles. The Bertz CT molecular complexity index is 618. The minimum absolute atomic E-state index is 0.0135. The fourth-order valence-electron chi connectivity index (χ4n) is 3.80. The van der Waals surface area contributed by atoms with Gasteiger partial charge >= 0.3 is 0 Å². The summed E-state index contributed by atoms with van der Waals surface area (Å²) >= 11 is 0. The molecule has 0 radical (unpaired) electrons. The van der Waals surface area contributed by atoms with Gasteiger partial charge in [-0.05, 0) is 42.2 Å². The molecule has 1 aliphatic heterocycles. The van der Waals surface area contributed by atoms with E-state index in [4.69, 9.17) is 0 Å². The van der Waals surface area contributed by atoms with Gasteiger partial charge in [-0.25, -0.2) is 0 Å². The molecular formula is C23H36N2O2. The zero-order chi connectivity index (χ0) is 20.0. The summed E-state index contributed by atoms with van der Waals surface area (Å²) in [6.45, 7) is 12.1. The number of unbranched alkanes of at least 4 members (excludes halogenated alkanes) is 1. The summed E-state index contributed by atoms with van der Waals surface area (Å²) in [7, 11) is 0. The van der Waals surface area contributed by atoms with Crippen molar-refractivity contribution in [3.8, 4) is 0 Å². The van der Waals surface area contributed by atoms with E-state index in [-0.39, 0.29) is 17.7 Å². The van der Waals surface area contributed by atoms with Crippen LogP contribution in [0.15, 0.2) is 18.2 Å². The highest BCUT2D eigenvalue weighted by atomic mass is 16.2. The first-order chi connectivity index (χ1) is 12.8. The number of nitrogens with one attached hydrogen (secondary N) is 1. The minimum Gasteiger partial charge on any atom is -0.343 e. The molecule has 1 saturated heterocycles. The van der Waals surface area contributed by atoms with Crippen LogP contribution in [-0.4, -0.2) is 29.8 Å². The van der Waals surface area contributed by atoms with Gasteiger partial charge in [0.05, 0.1) is 0 Å². The number of para-hydroxylation sites is 1. The van der Waals surface area contributed by atoms with Crippen molar-refractivity contribution in [1.29, 1.82) is 0 Å². The van der Waals surface area contributed by atoms with E-state index in [0.717, 1.165) is 31.4 Å². The largest absolute Gasteiger partial charge is 0.343 e. The molecule has 1 aromatic carbocycles. The number of nitrogens with zero attached hydrogens (tertiary/aromatic N) is 1. The Morgan fingerprint density at radius 2 is 1.63 bits per heavy atom. The summed E-state index contributed by atoms with van der Waals surface area (Å²) < 4.78 is 0. The monoisotopic (exact) mass is 372 g/mol. The topological polar surface area (TPSA) is 49.4 Å². The Labute approximate surface area is 164 Å². The maximum Gasteiger partial charge on any atom is 0.227 e. The molecular weight excluding hydrogens is 336 g/mol. The molecule has 2 rings (SSSR count). The summed E-state index contributed by atoms with van der Waals surface area (Å²) in [4.78, 5) is 27.1. The van der Waals surface area contributed by atoms with E-state index in [1.165, 1.54) is 11.1 Å². The molecule has 0 saturated carbocycles. The number of likely N-dealkylation sites (tertiary alicyclic amines) is 1. The molecule has 1 heterocycles. The van der Waals surface area contributed by atoms with Crippen molar-refractivity contribution in [1.82, 2.24) is 4.90 Å². The van der Waals surface area contributed by atoms with Crippen LogP contribution >= 0.6 is 0 Å². The Kier molecular flexibility index (Phi) is 7.88. The van der Waals surface area contributed by atoms with Crippen molar-refractivity contribution < 1.29 is 9.59 Å². The first kappa shape index (κ1) is 21.5. The fourth-order valence-corrected chi connectivity index (χ4v) is 3.80. The highest BCUT2D eigenvalue weighted by molar-refractivity contribution is 5.94. The van der Waals surface area contributed by atoms with Crippen LogP contribution in [0.3, 0.4) is 0 Å².